The first-order valence-corrected chi connectivity index (χ1v) is 9.01. The molecule has 6 heteroatoms. The number of hydrogen-bond donors (Lipinski definition) is 1. The van der Waals surface area contributed by atoms with Gasteiger partial charge in [-0.05, 0) is 36.5 Å². The summed E-state index contributed by atoms with van der Waals surface area (Å²) in [5.74, 6) is -0.755. The molecular formula is C15H17ClO4S. The van der Waals surface area contributed by atoms with E-state index >= 15 is 0 Å². The van der Waals surface area contributed by atoms with E-state index in [1.807, 2.05) is 0 Å². The van der Waals surface area contributed by atoms with Crippen LogP contribution in [0.5, 0.6) is 0 Å². The smallest absolute Gasteiger partial charge is 0.335 e. The van der Waals surface area contributed by atoms with Crippen molar-refractivity contribution in [2.45, 2.75) is 30.6 Å². The maximum absolute atomic E-state index is 11.5. The predicted molar refractivity (Wildman–Crippen MR) is 82.1 cm³/mol. The SMILES string of the molecule is CS(=O)(=O)c1ccc(C(=CC2CCCC2)C(=O)O)cc1Cl. The Labute approximate surface area is 129 Å². The van der Waals surface area contributed by atoms with E-state index in [4.69, 9.17) is 11.6 Å². The Morgan fingerprint density at radius 2 is 1.95 bits per heavy atom. The van der Waals surface area contributed by atoms with Crippen molar-refractivity contribution in [3.8, 4) is 0 Å². The van der Waals surface area contributed by atoms with Crippen molar-refractivity contribution < 1.29 is 18.3 Å². The van der Waals surface area contributed by atoms with Crippen LogP contribution in [0, 0.1) is 5.92 Å². The van der Waals surface area contributed by atoms with Gasteiger partial charge < -0.3 is 5.11 Å². The maximum atomic E-state index is 11.5. The molecule has 0 saturated heterocycles. The molecule has 0 atom stereocenters. The molecule has 0 bridgehead atoms. The lowest BCUT2D eigenvalue weighted by Gasteiger charge is -2.09. The molecule has 1 fully saturated rings. The normalized spacial score (nSPS) is 17.1. The zero-order valence-corrected chi connectivity index (χ0v) is 13.2. The summed E-state index contributed by atoms with van der Waals surface area (Å²) in [6.07, 6.45) is 7.04. The van der Waals surface area contributed by atoms with Gasteiger partial charge in [0.25, 0.3) is 0 Å². The van der Waals surface area contributed by atoms with Crippen molar-refractivity contribution in [2.24, 2.45) is 5.92 Å². The highest BCUT2D eigenvalue weighted by Gasteiger charge is 2.19. The number of carboxylic acids is 1. The molecular weight excluding hydrogens is 312 g/mol. The summed E-state index contributed by atoms with van der Waals surface area (Å²) in [6, 6.07) is 4.27. The van der Waals surface area contributed by atoms with Crippen molar-refractivity contribution >= 4 is 33.0 Å². The van der Waals surface area contributed by atoms with Crippen molar-refractivity contribution in [3.63, 3.8) is 0 Å². The van der Waals surface area contributed by atoms with E-state index in [9.17, 15) is 18.3 Å². The quantitative estimate of drug-likeness (QED) is 0.860. The first-order chi connectivity index (χ1) is 9.79. The van der Waals surface area contributed by atoms with E-state index in [0.717, 1.165) is 31.9 Å². The van der Waals surface area contributed by atoms with Gasteiger partial charge in [0.15, 0.2) is 9.84 Å². The summed E-state index contributed by atoms with van der Waals surface area (Å²) < 4.78 is 23.1. The third-order valence-electron chi connectivity index (χ3n) is 3.67. The Morgan fingerprint density at radius 3 is 2.43 bits per heavy atom. The van der Waals surface area contributed by atoms with Gasteiger partial charge in [-0.2, -0.15) is 0 Å². The topological polar surface area (TPSA) is 71.4 Å². The van der Waals surface area contributed by atoms with Crippen LogP contribution in [0.3, 0.4) is 0 Å². The van der Waals surface area contributed by atoms with Crippen LogP contribution in [0.1, 0.15) is 31.2 Å². The molecule has 21 heavy (non-hydrogen) atoms. The van der Waals surface area contributed by atoms with Crippen LogP contribution in [-0.4, -0.2) is 25.7 Å². The number of benzene rings is 1. The van der Waals surface area contributed by atoms with E-state index in [1.54, 1.807) is 6.08 Å². The first kappa shape index (κ1) is 16.0. The molecule has 1 aliphatic carbocycles. The zero-order chi connectivity index (χ0) is 15.6. The van der Waals surface area contributed by atoms with Crippen LogP contribution in [0.2, 0.25) is 5.02 Å². The highest BCUT2D eigenvalue weighted by atomic mass is 35.5. The molecule has 0 spiro atoms. The van der Waals surface area contributed by atoms with Crippen LogP contribution in [0.15, 0.2) is 29.2 Å². The Hall–Kier alpha value is -1.33. The molecule has 2 rings (SSSR count). The van der Waals surface area contributed by atoms with E-state index in [2.05, 4.69) is 0 Å². The highest BCUT2D eigenvalue weighted by Crippen LogP contribution is 2.31. The number of allylic oxidation sites excluding steroid dienone is 1. The fourth-order valence-electron chi connectivity index (χ4n) is 2.62. The number of hydrogen-bond acceptors (Lipinski definition) is 3. The summed E-state index contributed by atoms with van der Waals surface area (Å²) >= 11 is 5.98. The molecule has 0 radical (unpaired) electrons. The van der Waals surface area contributed by atoms with Gasteiger partial charge in [-0.1, -0.05) is 36.6 Å². The second-order valence-corrected chi connectivity index (χ2v) is 7.74. The number of carboxylic acid groups (broad SMARTS) is 1. The third kappa shape index (κ3) is 3.86. The van der Waals surface area contributed by atoms with Crippen LogP contribution in [0.4, 0.5) is 0 Å². The van der Waals surface area contributed by atoms with Gasteiger partial charge >= 0.3 is 5.97 Å². The van der Waals surface area contributed by atoms with Crippen LogP contribution in [0.25, 0.3) is 5.57 Å². The number of halogens is 1. The monoisotopic (exact) mass is 328 g/mol. The highest BCUT2D eigenvalue weighted by molar-refractivity contribution is 7.90. The molecule has 4 nitrogen and oxygen atoms in total. The molecule has 0 heterocycles. The van der Waals surface area contributed by atoms with Gasteiger partial charge in [-0.15, -0.1) is 0 Å². The number of rotatable bonds is 4. The molecule has 1 saturated carbocycles. The first-order valence-electron chi connectivity index (χ1n) is 6.74. The van der Waals surface area contributed by atoms with Crippen molar-refractivity contribution in [3.05, 3.63) is 34.9 Å². The summed E-state index contributed by atoms with van der Waals surface area (Å²) in [4.78, 5) is 11.5. The third-order valence-corrected chi connectivity index (χ3v) is 5.25. The standard InChI is InChI=1S/C15H17ClO4S/c1-21(19,20)14-7-6-11(9-13(14)16)12(15(17)18)8-10-4-2-3-5-10/h6-10H,2-5H2,1H3,(H,17,18). The lowest BCUT2D eigenvalue weighted by Crippen LogP contribution is -2.04. The number of aliphatic carboxylic acids is 1. The van der Waals surface area contributed by atoms with Crippen molar-refractivity contribution in [1.29, 1.82) is 0 Å². The predicted octanol–water partition coefficient (Wildman–Crippen LogP) is 3.40. The minimum Gasteiger partial charge on any atom is -0.478 e. The van der Waals surface area contributed by atoms with E-state index in [1.165, 1.54) is 18.2 Å². The Morgan fingerprint density at radius 1 is 1.33 bits per heavy atom. The molecule has 0 aliphatic heterocycles. The molecule has 0 unspecified atom stereocenters. The van der Waals surface area contributed by atoms with Gasteiger partial charge in [-0.3, -0.25) is 0 Å². The summed E-state index contributed by atoms with van der Waals surface area (Å²) in [6.45, 7) is 0. The van der Waals surface area contributed by atoms with Gasteiger partial charge in [0, 0.05) is 6.26 Å². The van der Waals surface area contributed by atoms with E-state index < -0.39 is 15.8 Å². The maximum Gasteiger partial charge on any atom is 0.335 e. The lowest BCUT2D eigenvalue weighted by atomic mass is 9.99. The molecule has 1 aromatic carbocycles. The van der Waals surface area contributed by atoms with Crippen LogP contribution >= 0.6 is 11.6 Å². The average molecular weight is 329 g/mol. The molecule has 1 aromatic rings. The Bertz CT molecular complexity index is 686. The van der Waals surface area contributed by atoms with Gasteiger partial charge in [0.2, 0.25) is 0 Å². The number of carbonyl (C=O) groups is 1. The van der Waals surface area contributed by atoms with Crippen LogP contribution in [-0.2, 0) is 14.6 Å². The lowest BCUT2D eigenvalue weighted by molar-refractivity contribution is -0.130. The molecule has 1 N–H and O–H groups in total. The van der Waals surface area contributed by atoms with Crippen LogP contribution < -0.4 is 0 Å². The Balaban J connectivity index is 2.42. The minimum absolute atomic E-state index is 0.0125. The Kier molecular flexibility index (Phi) is 4.74. The average Bonchev–Trinajstić information content (AvgIpc) is 2.86. The molecule has 0 amide bonds. The van der Waals surface area contributed by atoms with E-state index in [-0.39, 0.29) is 21.4 Å². The fourth-order valence-corrected chi connectivity index (χ4v) is 3.95. The second kappa shape index (κ2) is 6.20. The molecule has 1 aliphatic rings. The summed E-state index contributed by atoms with van der Waals surface area (Å²) in [5, 5.41) is 9.43. The van der Waals surface area contributed by atoms with Gasteiger partial charge in [0.05, 0.1) is 15.5 Å². The van der Waals surface area contributed by atoms with Crippen molar-refractivity contribution in [2.75, 3.05) is 6.26 Å². The largest absolute Gasteiger partial charge is 0.478 e. The molecule has 114 valence electrons. The summed E-state index contributed by atoms with van der Waals surface area (Å²) in [7, 11) is -3.42. The molecule has 0 aromatic heterocycles. The van der Waals surface area contributed by atoms with Gasteiger partial charge in [-0.25, -0.2) is 13.2 Å². The summed E-state index contributed by atoms with van der Waals surface area (Å²) in [5.41, 5.74) is 0.621. The second-order valence-electron chi connectivity index (χ2n) is 5.35. The van der Waals surface area contributed by atoms with E-state index in [0.29, 0.717) is 5.56 Å². The minimum atomic E-state index is -3.42. The van der Waals surface area contributed by atoms with Gasteiger partial charge in [0.1, 0.15) is 0 Å². The fraction of sp³-hybridized carbons (Fsp3) is 0.400. The van der Waals surface area contributed by atoms with Crippen molar-refractivity contribution in [1.82, 2.24) is 0 Å². The number of sulfone groups is 1. The zero-order valence-electron chi connectivity index (χ0n) is 11.7.